The smallest absolute Gasteiger partial charge is 0.271 e. The lowest BCUT2D eigenvalue weighted by atomic mass is 10.4. The van der Waals surface area contributed by atoms with Crippen LogP contribution in [0.4, 0.5) is 11.7 Å². The Labute approximate surface area is 53.4 Å². The predicted molar refractivity (Wildman–Crippen MR) is 30.8 cm³/mol. The first-order valence-electron chi connectivity index (χ1n) is 2.43. The van der Waals surface area contributed by atoms with E-state index in [4.69, 9.17) is 0 Å². The zero-order valence-corrected chi connectivity index (χ0v) is 5.68. The van der Waals surface area contributed by atoms with Gasteiger partial charge in [0, 0.05) is 6.42 Å². The lowest BCUT2D eigenvalue weighted by Gasteiger charge is -2.05. The molecule has 0 aliphatic carbocycles. The molecule has 0 heterocycles. The van der Waals surface area contributed by atoms with Crippen LogP contribution in [0.15, 0.2) is 0 Å². The Morgan fingerprint density at radius 3 is 2.00 bits per heavy atom. The first kappa shape index (κ1) is 8.81. The van der Waals surface area contributed by atoms with E-state index in [1.807, 2.05) is 0 Å². The summed E-state index contributed by atoms with van der Waals surface area (Å²) in [6.45, 7) is 1.54. The molecule has 0 aromatic rings. The molecule has 0 radical (unpaired) electrons. The molecule has 1 nitrogen and oxygen atoms in total. The molecule has 9 heavy (non-hydrogen) atoms. The first-order chi connectivity index (χ1) is 3.98. The van der Waals surface area contributed by atoms with Gasteiger partial charge in [-0.2, -0.15) is 0 Å². The van der Waals surface area contributed by atoms with E-state index in [2.05, 4.69) is 0 Å². The minimum absolute atomic E-state index is 0.269. The number of carbonyl (C=O) groups is 1. The maximum atomic E-state index is 11.4. The van der Waals surface area contributed by atoms with Crippen LogP contribution in [0.25, 0.3) is 0 Å². The lowest BCUT2D eigenvalue weighted by molar-refractivity contribution is -0.112. The maximum Gasteiger partial charge on any atom is 0.271 e. The van der Waals surface area contributed by atoms with Gasteiger partial charge in [0.05, 0.1) is 0 Å². The molecule has 0 amide bonds. The van der Waals surface area contributed by atoms with Crippen molar-refractivity contribution in [3.63, 3.8) is 0 Å². The predicted octanol–water partition coefficient (Wildman–Crippen LogP) is 2.77. The fraction of sp³-hybridized carbons (Fsp3) is 0.750. The minimum atomic E-state index is -5.40. The third kappa shape index (κ3) is 3.40. The number of hydrogen-bond acceptors (Lipinski definition) is 1. The van der Waals surface area contributed by atoms with Gasteiger partial charge in [-0.15, -0.1) is 11.7 Å². The van der Waals surface area contributed by atoms with E-state index < -0.39 is 16.3 Å². The summed E-state index contributed by atoms with van der Waals surface area (Å²) in [5.74, 6) is 0. The molecule has 0 aromatic heterocycles. The van der Waals surface area contributed by atoms with Gasteiger partial charge in [0.25, 0.3) is 16.3 Å². The SMILES string of the molecule is CCCC(=O)S(F)(F)F. The highest BCUT2D eigenvalue weighted by atomic mass is 32.3. The van der Waals surface area contributed by atoms with Crippen molar-refractivity contribution in [2.24, 2.45) is 0 Å². The van der Waals surface area contributed by atoms with Crippen molar-refractivity contribution in [2.75, 3.05) is 0 Å². The molecule has 0 fully saturated rings. The monoisotopic (exact) mass is 160 g/mol. The molecule has 0 N–H and O–H groups in total. The highest BCUT2D eigenvalue weighted by molar-refractivity contribution is 8.33. The van der Waals surface area contributed by atoms with Crippen LogP contribution in [-0.2, 0) is 4.79 Å². The van der Waals surface area contributed by atoms with Crippen molar-refractivity contribution in [1.82, 2.24) is 0 Å². The Balaban J connectivity index is 3.74. The quantitative estimate of drug-likeness (QED) is 0.607. The highest BCUT2D eigenvalue weighted by Crippen LogP contribution is 2.54. The van der Waals surface area contributed by atoms with E-state index in [0.717, 1.165) is 0 Å². The average Bonchev–Trinajstić information content (AvgIpc) is 1.64. The Kier molecular flexibility index (Phi) is 3.03. The Morgan fingerprint density at radius 1 is 1.44 bits per heavy atom. The third-order valence-electron chi connectivity index (χ3n) is 0.712. The van der Waals surface area contributed by atoms with Crippen LogP contribution in [0.2, 0.25) is 0 Å². The summed E-state index contributed by atoms with van der Waals surface area (Å²) in [5, 5.41) is -1.55. The largest absolute Gasteiger partial charge is 0.281 e. The fourth-order valence-electron chi connectivity index (χ4n) is 0.320. The summed E-state index contributed by atoms with van der Waals surface area (Å²) in [4.78, 5) is 9.98. The Hall–Kier alpha value is -0.190. The second-order valence-corrected chi connectivity index (χ2v) is 2.80. The highest BCUT2D eigenvalue weighted by Gasteiger charge is 2.30. The number of hydrogen-bond donors (Lipinski definition) is 0. The summed E-state index contributed by atoms with van der Waals surface area (Å²) in [6.07, 6.45) is -0.0931. The van der Waals surface area contributed by atoms with Crippen molar-refractivity contribution in [3.8, 4) is 0 Å². The van der Waals surface area contributed by atoms with E-state index in [1.54, 1.807) is 6.92 Å². The van der Waals surface area contributed by atoms with Crippen LogP contribution in [0.1, 0.15) is 19.8 Å². The lowest BCUT2D eigenvalue weighted by Crippen LogP contribution is -1.96. The standard InChI is InChI=1S/C4H7F3OS/c1-2-3-4(8)9(5,6)7/h2-3H2,1H3. The molecule has 56 valence electrons. The van der Waals surface area contributed by atoms with E-state index in [9.17, 15) is 16.5 Å². The average molecular weight is 160 g/mol. The number of rotatable bonds is 2. The van der Waals surface area contributed by atoms with Crippen molar-refractivity contribution >= 4 is 16.3 Å². The molecule has 0 saturated carbocycles. The second kappa shape index (κ2) is 3.10. The van der Waals surface area contributed by atoms with Crippen molar-refractivity contribution in [2.45, 2.75) is 19.8 Å². The van der Waals surface area contributed by atoms with Gasteiger partial charge in [0.15, 0.2) is 0 Å². The molecule has 0 aromatic carbocycles. The summed E-state index contributed by atoms with van der Waals surface area (Å²) < 4.78 is 34.1. The summed E-state index contributed by atoms with van der Waals surface area (Å²) in [6, 6.07) is 0. The molecular formula is C4H7F3OS. The fourth-order valence-corrected chi connectivity index (χ4v) is 0.755. The molecule has 0 rings (SSSR count). The molecule has 0 aliphatic rings. The van der Waals surface area contributed by atoms with Gasteiger partial charge in [-0.3, -0.25) is 4.79 Å². The molecule has 0 aliphatic heterocycles. The van der Waals surface area contributed by atoms with Gasteiger partial charge in [0.2, 0.25) is 0 Å². The maximum absolute atomic E-state index is 11.4. The van der Waals surface area contributed by atoms with Gasteiger partial charge >= 0.3 is 0 Å². The van der Waals surface area contributed by atoms with E-state index in [-0.39, 0.29) is 12.8 Å². The summed E-state index contributed by atoms with van der Waals surface area (Å²) in [7, 11) is 0. The van der Waals surface area contributed by atoms with Crippen LogP contribution in [0.3, 0.4) is 0 Å². The van der Waals surface area contributed by atoms with Crippen LogP contribution < -0.4 is 0 Å². The Morgan fingerprint density at radius 2 is 1.89 bits per heavy atom. The van der Waals surface area contributed by atoms with Gasteiger partial charge in [-0.05, 0) is 6.42 Å². The minimum Gasteiger partial charge on any atom is -0.281 e. The van der Waals surface area contributed by atoms with Gasteiger partial charge in [0.1, 0.15) is 0 Å². The van der Waals surface area contributed by atoms with Gasteiger partial charge < -0.3 is 0 Å². The Bertz CT molecular complexity index is 109. The van der Waals surface area contributed by atoms with Crippen molar-refractivity contribution in [1.29, 1.82) is 0 Å². The van der Waals surface area contributed by atoms with Crippen molar-refractivity contribution in [3.05, 3.63) is 0 Å². The second-order valence-electron chi connectivity index (χ2n) is 1.53. The van der Waals surface area contributed by atoms with Crippen LogP contribution >= 0.6 is 11.2 Å². The molecular weight excluding hydrogens is 153 g/mol. The summed E-state index contributed by atoms with van der Waals surface area (Å²) in [5.41, 5.74) is 0. The topological polar surface area (TPSA) is 17.1 Å². The van der Waals surface area contributed by atoms with Crippen LogP contribution in [0.5, 0.6) is 0 Å². The third-order valence-corrected chi connectivity index (χ3v) is 1.43. The van der Waals surface area contributed by atoms with E-state index >= 15 is 0 Å². The van der Waals surface area contributed by atoms with Crippen molar-refractivity contribution < 1.29 is 16.5 Å². The van der Waals surface area contributed by atoms with Gasteiger partial charge in [-0.1, -0.05) is 6.92 Å². The number of halogens is 3. The van der Waals surface area contributed by atoms with Crippen LogP contribution in [0, 0.1) is 0 Å². The normalized spacial score (nSPS) is 13.3. The zero-order valence-electron chi connectivity index (χ0n) is 4.86. The van der Waals surface area contributed by atoms with Crippen LogP contribution in [-0.4, -0.2) is 5.12 Å². The molecule has 0 spiro atoms. The van der Waals surface area contributed by atoms with Gasteiger partial charge in [-0.25, -0.2) is 0 Å². The van der Waals surface area contributed by atoms with E-state index in [1.165, 1.54) is 0 Å². The summed E-state index contributed by atoms with van der Waals surface area (Å²) >= 11 is -5.40. The number of carbonyl (C=O) groups excluding carboxylic acids is 1. The molecule has 0 bridgehead atoms. The molecule has 0 unspecified atom stereocenters. The molecule has 5 heteroatoms. The zero-order chi connectivity index (χ0) is 7.49. The molecule has 0 atom stereocenters. The van der Waals surface area contributed by atoms with E-state index in [0.29, 0.717) is 0 Å². The first-order valence-corrected chi connectivity index (χ1v) is 3.77. The molecule has 0 saturated heterocycles.